The zero-order chi connectivity index (χ0) is 15.6. The second-order valence-corrected chi connectivity index (χ2v) is 5.55. The minimum atomic E-state index is 0. The number of nitrogens with zero attached hydrogens (tertiary/aromatic N) is 3. The van der Waals surface area contributed by atoms with E-state index in [1.54, 1.807) is 0 Å². The first-order valence-corrected chi connectivity index (χ1v) is 7.99. The van der Waals surface area contributed by atoms with Crippen molar-refractivity contribution in [1.29, 1.82) is 0 Å². The van der Waals surface area contributed by atoms with Crippen LogP contribution in [-0.4, -0.2) is 61.8 Å². The largest absolute Gasteiger partial charge is 0.379 e. The number of aliphatic imine (C=N–C) groups is 1. The zero-order valence-electron chi connectivity index (χ0n) is 13.8. The molecule has 1 aliphatic rings. The maximum absolute atomic E-state index is 5.89. The highest BCUT2D eigenvalue weighted by molar-refractivity contribution is 14.0. The summed E-state index contributed by atoms with van der Waals surface area (Å²) in [5.74, 6) is 0.536. The zero-order valence-corrected chi connectivity index (χ0v) is 16.2. The summed E-state index contributed by atoms with van der Waals surface area (Å²) in [5, 5.41) is 3.17. The minimum Gasteiger partial charge on any atom is -0.379 e. The second-order valence-electron chi connectivity index (χ2n) is 5.55. The van der Waals surface area contributed by atoms with E-state index in [9.17, 15) is 0 Å². The summed E-state index contributed by atoms with van der Waals surface area (Å²) in [6, 6.07) is 2.05. The van der Waals surface area contributed by atoms with Gasteiger partial charge in [0.05, 0.1) is 13.2 Å². The molecule has 1 aromatic rings. The van der Waals surface area contributed by atoms with E-state index in [1.165, 1.54) is 11.1 Å². The molecule has 1 fully saturated rings. The average Bonchev–Trinajstić information content (AvgIpc) is 2.54. The van der Waals surface area contributed by atoms with Crippen LogP contribution in [0.1, 0.15) is 17.5 Å². The van der Waals surface area contributed by atoms with Crippen molar-refractivity contribution in [2.24, 2.45) is 10.7 Å². The molecule has 1 saturated heterocycles. The van der Waals surface area contributed by atoms with Crippen LogP contribution in [0.4, 0.5) is 0 Å². The Morgan fingerprint density at radius 1 is 1.43 bits per heavy atom. The quantitative estimate of drug-likeness (QED) is 0.292. The van der Waals surface area contributed by atoms with E-state index in [-0.39, 0.29) is 24.0 Å². The Balaban J connectivity index is 0.00000264. The molecule has 2 heterocycles. The molecule has 0 bridgehead atoms. The Morgan fingerprint density at radius 3 is 2.96 bits per heavy atom. The lowest BCUT2D eigenvalue weighted by Gasteiger charge is -2.26. The molecule has 0 amide bonds. The molecule has 0 spiro atoms. The van der Waals surface area contributed by atoms with E-state index in [0.29, 0.717) is 5.96 Å². The number of pyridine rings is 1. The Kier molecular flexibility index (Phi) is 10.1. The van der Waals surface area contributed by atoms with Crippen LogP contribution in [0.5, 0.6) is 0 Å². The van der Waals surface area contributed by atoms with Crippen molar-refractivity contribution >= 4 is 29.9 Å². The fourth-order valence-electron chi connectivity index (χ4n) is 2.48. The van der Waals surface area contributed by atoms with Gasteiger partial charge in [-0.3, -0.25) is 14.9 Å². The number of nitrogens with two attached hydrogens (primary N) is 1. The smallest absolute Gasteiger partial charge is 0.188 e. The molecule has 7 heteroatoms. The van der Waals surface area contributed by atoms with Gasteiger partial charge in [-0.25, -0.2) is 0 Å². The molecule has 23 heavy (non-hydrogen) atoms. The van der Waals surface area contributed by atoms with E-state index < -0.39 is 0 Å². The summed E-state index contributed by atoms with van der Waals surface area (Å²) in [6.45, 7) is 8.46. The van der Waals surface area contributed by atoms with Crippen LogP contribution >= 0.6 is 24.0 Å². The lowest BCUT2D eigenvalue weighted by molar-refractivity contribution is 0.0377. The van der Waals surface area contributed by atoms with Crippen molar-refractivity contribution in [2.75, 3.05) is 45.9 Å². The van der Waals surface area contributed by atoms with Crippen LogP contribution in [0, 0.1) is 6.92 Å². The lowest BCUT2D eigenvalue weighted by Crippen LogP contribution is -2.37. The van der Waals surface area contributed by atoms with Crippen LogP contribution in [0.15, 0.2) is 23.5 Å². The number of ether oxygens (including phenoxy) is 1. The van der Waals surface area contributed by atoms with E-state index in [0.717, 1.165) is 58.8 Å². The van der Waals surface area contributed by atoms with Crippen LogP contribution in [0.2, 0.25) is 0 Å². The van der Waals surface area contributed by atoms with Gasteiger partial charge in [-0.15, -0.1) is 24.0 Å². The van der Waals surface area contributed by atoms with Gasteiger partial charge < -0.3 is 15.8 Å². The average molecular weight is 433 g/mol. The number of rotatable bonds is 7. The summed E-state index contributed by atoms with van der Waals surface area (Å²) in [6.07, 6.45) is 5.67. The molecule has 130 valence electrons. The Labute approximate surface area is 155 Å². The molecule has 0 aliphatic carbocycles. The molecule has 6 nitrogen and oxygen atoms in total. The van der Waals surface area contributed by atoms with E-state index in [4.69, 9.17) is 10.5 Å². The van der Waals surface area contributed by atoms with Gasteiger partial charge in [-0.05, 0) is 37.0 Å². The summed E-state index contributed by atoms with van der Waals surface area (Å²) in [4.78, 5) is 10.9. The fraction of sp³-hybridized carbons (Fsp3) is 0.625. The van der Waals surface area contributed by atoms with Crippen molar-refractivity contribution in [2.45, 2.75) is 19.8 Å². The van der Waals surface area contributed by atoms with Gasteiger partial charge in [0.25, 0.3) is 0 Å². The molecule has 0 atom stereocenters. The summed E-state index contributed by atoms with van der Waals surface area (Å²) < 4.78 is 5.33. The molecular weight excluding hydrogens is 405 g/mol. The van der Waals surface area contributed by atoms with Crippen LogP contribution < -0.4 is 11.1 Å². The third-order valence-corrected chi connectivity index (χ3v) is 3.86. The van der Waals surface area contributed by atoms with Crippen molar-refractivity contribution in [3.63, 3.8) is 0 Å². The Hall–Kier alpha value is -0.930. The summed E-state index contributed by atoms with van der Waals surface area (Å²) >= 11 is 0. The number of hydrogen-bond donors (Lipinski definition) is 2. The predicted octanol–water partition coefficient (Wildman–Crippen LogP) is 1.18. The molecule has 3 N–H and O–H groups in total. The first-order valence-electron chi connectivity index (χ1n) is 7.99. The standard InChI is InChI=1S/C16H27N5O.HI/c1-14-13-18-6-3-15(14)4-7-20-16(17)19-5-2-8-21-9-11-22-12-10-21;/h3,6,13H,2,4-5,7-12H2,1H3,(H3,17,19,20);1H. The van der Waals surface area contributed by atoms with Crippen LogP contribution in [0.3, 0.4) is 0 Å². The third-order valence-electron chi connectivity index (χ3n) is 3.86. The highest BCUT2D eigenvalue weighted by Crippen LogP contribution is 2.04. The van der Waals surface area contributed by atoms with E-state index >= 15 is 0 Å². The number of hydrogen-bond acceptors (Lipinski definition) is 4. The first kappa shape index (κ1) is 20.1. The summed E-state index contributed by atoms with van der Waals surface area (Å²) in [7, 11) is 0. The van der Waals surface area contributed by atoms with Gasteiger partial charge >= 0.3 is 0 Å². The fourth-order valence-corrected chi connectivity index (χ4v) is 2.48. The van der Waals surface area contributed by atoms with E-state index in [2.05, 4.69) is 27.1 Å². The minimum absolute atomic E-state index is 0. The van der Waals surface area contributed by atoms with Gasteiger partial charge in [-0.1, -0.05) is 0 Å². The molecule has 1 aliphatic heterocycles. The van der Waals surface area contributed by atoms with Crippen molar-refractivity contribution in [3.05, 3.63) is 29.6 Å². The molecule has 1 aromatic heterocycles. The normalized spacial score (nSPS) is 16.0. The molecule has 2 rings (SSSR count). The first-order chi connectivity index (χ1) is 10.8. The molecule has 0 radical (unpaired) electrons. The maximum Gasteiger partial charge on any atom is 0.188 e. The number of aryl methyl sites for hydroxylation is 1. The monoisotopic (exact) mass is 433 g/mol. The van der Waals surface area contributed by atoms with Gasteiger partial charge in [0.1, 0.15) is 0 Å². The van der Waals surface area contributed by atoms with Crippen LogP contribution in [-0.2, 0) is 11.2 Å². The van der Waals surface area contributed by atoms with Crippen molar-refractivity contribution in [3.8, 4) is 0 Å². The number of aromatic nitrogens is 1. The Bertz CT molecular complexity index is 477. The molecule has 0 saturated carbocycles. The highest BCUT2D eigenvalue weighted by Gasteiger charge is 2.08. The molecular formula is C16H28IN5O. The van der Waals surface area contributed by atoms with Crippen molar-refractivity contribution in [1.82, 2.24) is 15.2 Å². The number of halogens is 1. The second kappa shape index (κ2) is 11.6. The predicted molar refractivity (Wildman–Crippen MR) is 104 cm³/mol. The lowest BCUT2D eigenvalue weighted by atomic mass is 10.1. The molecule has 0 unspecified atom stereocenters. The van der Waals surface area contributed by atoms with Crippen LogP contribution in [0.25, 0.3) is 0 Å². The maximum atomic E-state index is 5.89. The highest BCUT2D eigenvalue weighted by atomic mass is 127. The number of guanidine groups is 1. The summed E-state index contributed by atoms with van der Waals surface area (Å²) in [5.41, 5.74) is 8.40. The van der Waals surface area contributed by atoms with Gasteiger partial charge in [0, 0.05) is 45.1 Å². The van der Waals surface area contributed by atoms with Gasteiger partial charge in [0.15, 0.2) is 5.96 Å². The topological polar surface area (TPSA) is 75.8 Å². The third kappa shape index (κ3) is 7.94. The number of nitrogens with one attached hydrogen (secondary N) is 1. The SMILES string of the molecule is Cc1cnccc1CCNC(N)=NCCCN1CCOCC1.I. The van der Waals surface area contributed by atoms with Crippen molar-refractivity contribution < 1.29 is 4.74 Å². The molecule has 0 aromatic carbocycles. The number of morpholine rings is 1. The Morgan fingerprint density at radius 2 is 2.22 bits per heavy atom. The van der Waals surface area contributed by atoms with Gasteiger partial charge in [0.2, 0.25) is 0 Å². The van der Waals surface area contributed by atoms with E-state index in [1.807, 2.05) is 18.5 Å². The van der Waals surface area contributed by atoms with Gasteiger partial charge in [-0.2, -0.15) is 0 Å².